The summed E-state index contributed by atoms with van der Waals surface area (Å²) in [5, 5.41) is 0. The molecule has 1 aromatic carbocycles. The van der Waals surface area contributed by atoms with Crippen LogP contribution in [0.2, 0.25) is 0 Å². The van der Waals surface area contributed by atoms with Crippen molar-refractivity contribution in [3.8, 4) is 0 Å². The quantitative estimate of drug-likeness (QED) is 0.867. The highest BCUT2D eigenvalue weighted by Crippen LogP contribution is 2.43. The van der Waals surface area contributed by atoms with Crippen LogP contribution in [0.25, 0.3) is 0 Å². The number of aryl methyl sites for hydroxylation is 1. The predicted octanol–water partition coefficient (Wildman–Crippen LogP) is 2.41. The molecule has 7 heteroatoms. The number of hydrogen-bond acceptors (Lipinski definition) is 5. The molecule has 1 heterocycles. The van der Waals surface area contributed by atoms with Crippen LogP contribution in [0.1, 0.15) is 43.9 Å². The van der Waals surface area contributed by atoms with Gasteiger partial charge in [-0.05, 0) is 30.9 Å². The Kier molecular flexibility index (Phi) is 5.24. The summed E-state index contributed by atoms with van der Waals surface area (Å²) in [6.07, 6.45) is -0.404. The molecule has 0 amide bonds. The highest BCUT2D eigenvalue weighted by atomic mass is 32.2. The topological polar surface area (TPSA) is 73.9 Å². The molecule has 124 valence electrons. The van der Waals surface area contributed by atoms with Crippen molar-refractivity contribution in [1.82, 2.24) is 4.72 Å². The van der Waals surface area contributed by atoms with Crippen molar-refractivity contribution in [2.45, 2.75) is 51.8 Å². The zero-order valence-electron chi connectivity index (χ0n) is 13.3. The van der Waals surface area contributed by atoms with Gasteiger partial charge in [-0.1, -0.05) is 38.1 Å². The van der Waals surface area contributed by atoms with Crippen molar-refractivity contribution >= 4 is 10.3 Å². The predicted molar refractivity (Wildman–Crippen MR) is 82.3 cm³/mol. The number of benzene rings is 1. The van der Waals surface area contributed by atoms with Crippen LogP contribution in [0.5, 0.6) is 0 Å². The summed E-state index contributed by atoms with van der Waals surface area (Å²) in [5.41, 5.74) is 1.86. The van der Waals surface area contributed by atoms with Crippen molar-refractivity contribution < 1.29 is 22.1 Å². The molecule has 1 fully saturated rings. The van der Waals surface area contributed by atoms with E-state index in [0.717, 1.165) is 11.1 Å². The Morgan fingerprint density at radius 2 is 1.86 bits per heavy atom. The molecule has 6 nitrogen and oxygen atoms in total. The molecular weight excluding hydrogens is 306 g/mol. The molecule has 0 spiro atoms. The maximum absolute atomic E-state index is 11.7. The van der Waals surface area contributed by atoms with Gasteiger partial charge < -0.3 is 9.47 Å². The molecule has 1 saturated heterocycles. The van der Waals surface area contributed by atoms with Crippen LogP contribution in [0.15, 0.2) is 24.3 Å². The van der Waals surface area contributed by atoms with E-state index >= 15 is 0 Å². The fourth-order valence-electron chi connectivity index (χ4n) is 2.53. The average Bonchev–Trinajstić information content (AvgIpc) is 2.86. The van der Waals surface area contributed by atoms with E-state index in [0.29, 0.717) is 12.8 Å². The molecule has 0 aromatic heterocycles. The number of hydrogen-bond donors (Lipinski definition) is 1. The summed E-state index contributed by atoms with van der Waals surface area (Å²) >= 11 is 0. The highest BCUT2D eigenvalue weighted by Gasteiger charge is 2.48. The van der Waals surface area contributed by atoms with Gasteiger partial charge in [0.1, 0.15) is 6.10 Å². The molecule has 0 radical (unpaired) electrons. The molecule has 2 unspecified atom stereocenters. The lowest BCUT2D eigenvalue weighted by molar-refractivity contribution is -0.196. The summed E-state index contributed by atoms with van der Waals surface area (Å²) in [5.74, 6) is -0.832. The van der Waals surface area contributed by atoms with E-state index in [9.17, 15) is 8.42 Å². The Labute approximate surface area is 132 Å². The molecule has 22 heavy (non-hydrogen) atoms. The van der Waals surface area contributed by atoms with E-state index < -0.39 is 28.5 Å². The minimum atomic E-state index is -3.88. The Morgan fingerprint density at radius 1 is 1.23 bits per heavy atom. The molecule has 0 saturated carbocycles. The number of nitrogens with one attached hydrogen (secondary N) is 1. The smallest absolute Gasteiger partial charge is 0.337 e. The lowest BCUT2D eigenvalue weighted by Gasteiger charge is -2.24. The first-order valence-electron chi connectivity index (χ1n) is 7.39. The van der Waals surface area contributed by atoms with E-state index in [1.54, 1.807) is 0 Å². The van der Waals surface area contributed by atoms with E-state index in [1.165, 1.54) is 7.05 Å². The Hall–Kier alpha value is -0.990. The summed E-state index contributed by atoms with van der Waals surface area (Å²) in [4.78, 5) is 0. The van der Waals surface area contributed by atoms with Gasteiger partial charge in [0, 0.05) is 7.05 Å². The molecule has 2 rings (SSSR count). The van der Waals surface area contributed by atoms with Crippen LogP contribution in [0.3, 0.4) is 0 Å². The van der Waals surface area contributed by atoms with Crippen LogP contribution < -0.4 is 4.72 Å². The molecule has 1 aromatic rings. The van der Waals surface area contributed by atoms with Crippen molar-refractivity contribution in [2.24, 2.45) is 0 Å². The lowest BCUT2D eigenvalue weighted by Crippen LogP contribution is -2.32. The van der Waals surface area contributed by atoms with Crippen molar-refractivity contribution in [3.05, 3.63) is 35.4 Å². The van der Waals surface area contributed by atoms with Crippen LogP contribution in [-0.2, 0) is 24.0 Å². The maximum Gasteiger partial charge on any atom is 0.338 e. The third-order valence-corrected chi connectivity index (χ3v) is 4.91. The molecule has 0 aliphatic carbocycles. The summed E-state index contributed by atoms with van der Waals surface area (Å²) in [6, 6.07) is 7.64. The zero-order valence-corrected chi connectivity index (χ0v) is 14.1. The van der Waals surface area contributed by atoms with Crippen molar-refractivity contribution in [2.75, 3.05) is 7.05 Å². The van der Waals surface area contributed by atoms with E-state index in [4.69, 9.17) is 13.7 Å². The maximum atomic E-state index is 11.7. The summed E-state index contributed by atoms with van der Waals surface area (Å²) in [6.45, 7) is 5.82. The highest BCUT2D eigenvalue weighted by molar-refractivity contribution is 7.84. The second kappa shape index (κ2) is 6.64. The van der Waals surface area contributed by atoms with Gasteiger partial charge in [-0.3, -0.25) is 0 Å². The third kappa shape index (κ3) is 3.49. The lowest BCUT2D eigenvalue weighted by atomic mass is 10.0. The van der Waals surface area contributed by atoms with Gasteiger partial charge in [0.15, 0.2) is 5.79 Å². The third-order valence-electron chi connectivity index (χ3n) is 3.96. The minimum absolute atomic E-state index is 0.593. The molecule has 1 N–H and O–H groups in total. The first-order chi connectivity index (χ1) is 10.4. The standard InChI is InChI=1S/C15H23NO5S/c1-5-15(6-2)19-13(12-10-8-7-9-11(12)3)14(20-15)21-22(17,18)16-4/h7-10,13-14,16H,5-6H2,1-4H3. The van der Waals surface area contributed by atoms with Crippen LogP contribution in [0.4, 0.5) is 0 Å². The van der Waals surface area contributed by atoms with Crippen molar-refractivity contribution in [3.63, 3.8) is 0 Å². The summed E-state index contributed by atoms with van der Waals surface area (Å²) in [7, 11) is -2.59. The van der Waals surface area contributed by atoms with Gasteiger partial charge in [-0.2, -0.15) is 13.1 Å². The van der Waals surface area contributed by atoms with E-state index in [1.807, 2.05) is 45.0 Å². The summed E-state index contributed by atoms with van der Waals surface area (Å²) < 4.78 is 42.7. The molecule has 1 aliphatic heterocycles. The second-order valence-corrected chi connectivity index (χ2v) is 6.76. The van der Waals surface area contributed by atoms with Gasteiger partial charge in [0.2, 0.25) is 6.29 Å². The van der Waals surface area contributed by atoms with Gasteiger partial charge >= 0.3 is 10.3 Å². The normalized spacial score (nSPS) is 24.5. The van der Waals surface area contributed by atoms with Gasteiger partial charge in [0.25, 0.3) is 0 Å². The second-order valence-electron chi connectivity index (χ2n) is 5.25. The SMILES string of the molecule is CCC1(CC)OC(OS(=O)(=O)NC)C(c2ccccc2C)O1. The average molecular weight is 329 g/mol. The molecule has 1 aliphatic rings. The Morgan fingerprint density at radius 3 is 2.41 bits per heavy atom. The number of rotatable bonds is 6. The monoisotopic (exact) mass is 329 g/mol. The molecule has 0 bridgehead atoms. The Bertz CT molecular complexity index is 612. The Balaban J connectivity index is 2.37. The first-order valence-corrected chi connectivity index (χ1v) is 8.80. The van der Waals surface area contributed by atoms with Gasteiger partial charge in [-0.15, -0.1) is 0 Å². The minimum Gasteiger partial charge on any atom is -0.337 e. The fraction of sp³-hybridized carbons (Fsp3) is 0.600. The van der Waals surface area contributed by atoms with E-state index in [2.05, 4.69) is 4.72 Å². The molecule has 2 atom stereocenters. The van der Waals surface area contributed by atoms with Gasteiger partial charge in [-0.25, -0.2) is 4.18 Å². The van der Waals surface area contributed by atoms with Gasteiger partial charge in [0.05, 0.1) is 0 Å². The number of ether oxygens (including phenoxy) is 2. The van der Waals surface area contributed by atoms with Crippen LogP contribution in [-0.4, -0.2) is 27.5 Å². The molecular formula is C15H23NO5S. The largest absolute Gasteiger partial charge is 0.338 e. The fourth-order valence-corrected chi connectivity index (χ4v) is 3.02. The van der Waals surface area contributed by atoms with Crippen LogP contribution in [0, 0.1) is 6.92 Å². The first kappa shape index (κ1) is 17.4. The van der Waals surface area contributed by atoms with Crippen molar-refractivity contribution in [1.29, 1.82) is 0 Å². The van der Waals surface area contributed by atoms with E-state index in [-0.39, 0.29) is 0 Å². The zero-order chi connectivity index (χ0) is 16.4. The van der Waals surface area contributed by atoms with Crippen LogP contribution >= 0.6 is 0 Å².